The molecule has 5 heteroatoms. The first kappa shape index (κ1) is 12.3. The summed E-state index contributed by atoms with van der Waals surface area (Å²) in [5, 5.41) is 3.35. The number of hydrogen-bond acceptors (Lipinski definition) is 3. The molecular formula is C14H19N3O2. The van der Waals surface area contributed by atoms with Crippen LogP contribution in [0.25, 0.3) is 11.0 Å². The second-order valence-electron chi connectivity index (χ2n) is 5.15. The number of nitrogens with zero attached hydrogens (tertiary/aromatic N) is 1. The van der Waals surface area contributed by atoms with Gasteiger partial charge in [-0.25, -0.2) is 4.79 Å². The van der Waals surface area contributed by atoms with E-state index in [0.29, 0.717) is 5.92 Å². The maximum absolute atomic E-state index is 11.6. The van der Waals surface area contributed by atoms with Gasteiger partial charge in [-0.2, -0.15) is 0 Å². The van der Waals surface area contributed by atoms with Crippen molar-refractivity contribution in [2.75, 3.05) is 19.7 Å². The van der Waals surface area contributed by atoms with Crippen molar-refractivity contribution in [2.45, 2.75) is 12.8 Å². The lowest BCUT2D eigenvalue weighted by atomic mass is 9.99. The Kier molecular flexibility index (Phi) is 3.29. The summed E-state index contributed by atoms with van der Waals surface area (Å²) in [6.45, 7) is 2.86. The number of benzene rings is 1. The standard InChI is InChI=1S/C14H19N3O2/c1-17-13-11(16-14(17)18)3-2-4-12(13)19-9-10-5-7-15-8-6-10/h2-4,10,15H,5-9H2,1H3,(H,16,18). The Bertz CT molecular complexity index is 623. The van der Waals surface area contributed by atoms with E-state index in [0.717, 1.165) is 49.3 Å². The van der Waals surface area contributed by atoms with Crippen molar-refractivity contribution < 1.29 is 4.74 Å². The Balaban J connectivity index is 1.82. The highest BCUT2D eigenvalue weighted by atomic mass is 16.5. The normalized spacial score (nSPS) is 16.9. The molecule has 5 nitrogen and oxygen atoms in total. The summed E-state index contributed by atoms with van der Waals surface area (Å²) in [5.41, 5.74) is 1.57. The van der Waals surface area contributed by atoms with Crippen molar-refractivity contribution in [1.29, 1.82) is 0 Å². The number of aryl methyl sites for hydroxylation is 1. The fraction of sp³-hybridized carbons (Fsp3) is 0.500. The Morgan fingerprint density at radius 2 is 2.16 bits per heavy atom. The molecule has 1 saturated heterocycles. The lowest BCUT2D eigenvalue weighted by Crippen LogP contribution is -2.30. The molecule has 102 valence electrons. The molecule has 0 spiro atoms. The summed E-state index contributed by atoms with van der Waals surface area (Å²) in [7, 11) is 1.76. The molecule has 1 aliphatic heterocycles. The number of rotatable bonds is 3. The Labute approximate surface area is 111 Å². The number of piperidine rings is 1. The fourth-order valence-corrected chi connectivity index (χ4v) is 2.64. The van der Waals surface area contributed by atoms with Gasteiger partial charge >= 0.3 is 5.69 Å². The third kappa shape index (κ3) is 2.38. The van der Waals surface area contributed by atoms with Gasteiger partial charge in [0.05, 0.1) is 12.1 Å². The maximum atomic E-state index is 11.6. The first-order valence-corrected chi connectivity index (χ1v) is 6.77. The van der Waals surface area contributed by atoms with Gasteiger partial charge in [0.15, 0.2) is 0 Å². The van der Waals surface area contributed by atoms with Gasteiger partial charge in [0.1, 0.15) is 11.3 Å². The molecule has 2 heterocycles. The van der Waals surface area contributed by atoms with Crippen LogP contribution in [0.4, 0.5) is 0 Å². The van der Waals surface area contributed by atoms with E-state index in [1.807, 2.05) is 18.2 Å². The SMILES string of the molecule is Cn1c(=O)[nH]c2cccc(OCC3CCNCC3)c21. The number of ether oxygens (including phenoxy) is 1. The zero-order chi connectivity index (χ0) is 13.2. The minimum absolute atomic E-state index is 0.104. The Hall–Kier alpha value is -1.75. The van der Waals surface area contributed by atoms with Gasteiger partial charge in [-0.15, -0.1) is 0 Å². The molecule has 0 aliphatic carbocycles. The fourth-order valence-electron chi connectivity index (χ4n) is 2.64. The van der Waals surface area contributed by atoms with E-state index in [9.17, 15) is 4.79 Å². The highest BCUT2D eigenvalue weighted by Gasteiger charge is 2.15. The number of fused-ring (bicyclic) bond motifs is 1. The first-order chi connectivity index (χ1) is 9.25. The van der Waals surface area contributed by atoms with Crippen LogP contribution in [-0.2, 0) is 7.05 Å². The number of H-pyrrole nitrogens is 1. The van der Waals surface area contributed by atoms with E-state index < -0.39 is 0 Å². The summed E-state index contributed by atoms with van der Waals surface area (Å²) >= 11 is 0. The monoisotopic (exact) mass is 261 g/mol. The number of nitrogens with one attached hydrogen (secondary N) is 2. The van der Waals surface area contributed by atoms with E-state index in [1.165, 1.54) is 0 Å². The number of imidazole rings is 1. The molecule has 3 rings (SSSR count). The van der Waals surface area contributed by atoms with Crippen molar-refractivity contribution in [2.24, 2.45) is 13.0 Å². The van der Waals surface area contributed by atoms with Crippen molar-refractivity contribution >= 4 is 11.0 Å². The molecule has 2 aromatic rings. The second kappa shape index (κ2) is 5.09. The lowest BCUT2D eigenvalue weighted by Gasteiger charge is -2.22. The molecule has 0 unspecified atom stereocenters. The zero-order valence-corrected chi connectivity index (χ0v) is 11.1. The molecule has 1 aliphatic rings. The molecule has 1 aromatic carbocycles. The Morgan fingerprint density at radius 1 is 1.37 bits per heavy atom. The van der Waals surface area contributed by atoms with Gasteiger partial charge in [0.25, 0.3) is 0 Å². The lowest BCUT2D eigenvalue weighted by molar-refractivity contribution is 0.216. The van der Waals surface area contributed by atoms with E-state index in [4.69, 9.17) is 4.74 Å². The maximum Gasteiger partial charge on any atom is 0.326 e. The largest absolute Gasteiger partial charge is 0.491 e. The van der Waals surface area contributed by atoms with Crippen LogP contribution in [0, 0.1) is 5.92 Å². The van der Waals surface area contributed by atoms with Crippen LogP contribution in [-0.4, -0.2) is 29.2 Å². The minimum atomic E-state index is -0.104. The van der Waals surface area contributed by atoms with Crippen LogP contribution in [0.5, 0.6) is 5.75 Å². The van der Waals surface area contributed by atoms with Gasteiger partial charge in [-0.05, 0) is 44.0 Å². The van der Waals surface area contributed by atoms with E-state index in [2.05, 4.69) is 10.3 Å². The first-order valence-electron chi connectivity index (χ1n) is 6.77. The van der Waals surface area contributed by atoms with Gasteiger partial charge in [-0.1, -0.05) is 6.07 Å². The van der Waals surface area contributed by atoms with E-state index >= 15 is 0 Å². The smallest absolute Gasteiger partial charge is 0.326 e. The molecule has 1 fully saturated rings. The van der Waals surface area contributed by atoms with Gasteiger partial charge in [0.2, 0.25) is 0 Å². The third-order valence-corrected chi connectivity index (χ3v) is 3.81. The summed E-state index contributed by atoms with van der Waals surface area (Å²) < 4.78 is 7.55. The number of hydrogen-bond donors (Lipinski definition) is 2. The van der Waals surface area contributed by atoms with Crippen LogP contribution < -0.4 is 15.7 Å². The van der Waals surface area contributed by atoms with Crippen LogP contribution in [0.3, 0.4) is 0 Å². The van der Waals surface area contributed by atoms with Crippen LogP contribution in [0.1, 0.15) is 12.8 Å². The van der Waals surface area contributed by atoms with Crippen molar-refractivity contribution in [3.63, 3.8) is 0 Å². The van der Waals surface area contributed by atoms with Crippen LogP contribution in [0.2, 0.25) is 0 Å². The molecule has 2 N–H and O–H groups in total. The molecule has 0 saturated carbocycles. The topological polar surface area (TPSA) is 59.0 Å². The Morgan fingerprint density at radius 3 is 2.95 bits per heavy atom. The molecule has 1 aromatic heterocycles. The van der Waals surface area contributed by atoms with Crippen LogP contribution in [0.15, 0.2) is 23.0 Å². The molecule has 0 bridgehead atoms. The van der Waals surface area contributed by atoms with E-state index in [1.54, 1.807) is 11.6 Å². The predicted molar refractivity (Wildman–Crippen MR) is 74.6 cm³/mol. The van der Waals surface area contributed by atoms with Gasteiger partial charge in [0, 0.05) is 7.05 Å². The highest BCUT2D eigenvalue weighted by Crippen LogP contribution is 2.24. The van der Waals surface area contributed by atoms with Crippen molar-refractivity contribution in [1.82, 2.24) is 14.9 Å². The quantitative estimate of drug-likeness (QED) is 0.874. The average molecular weight is 261 g/mol. The van der Waals surface area contributed by atoms with Crippen molar-refractivity contribution in [3.8, 4) is 5.75 Å². The molecule has 0 amide bonds. The summed E-state index contributed by atoms with van der Waals surface area (Å²) in [6, 6.07) is 5.74. The number of aromatic amines is 1. The molecule has 19 heavy (non-hydrogen) atoms. The molecule has 0 radical (unpaired) electrons. The number of para-hydroxylation sites is 1. The average Bonchev–Trinajstić information content (AvgIpc) is 2.74. The van der Waals surface area contributed by atoms with Crippen molar-refractivity contribution in [3.05, 3.63) is 28.7 Å². The summed E-state index contributed by atoms with van der Waals surface area (Å²) in [5.74, 6) is 1.39. The summed E-state index contributed by atoms with van der Waals surface area (Å²) in [4.78, 5) is 14.5. The highest BCUT2D eigenvalue weighted by molar-refractivity contribution is 5.81. The zero-order valence-electron chi connectivity index (χ0n) is 11.1. The third-order valence-electron chi connectivity index (χ3n) is 3.81. The van der Waals surface area contributed by atoms with Gasteiger partial charge in [-0.3, -0.25) is 4.57 Å². The second-order valence-corrected chi connectivity index (χ2v) is 5.15. The minimum Gasteiger partial charge on any atom is -0.491 e. The molecular weight excluding hydrogens is 242 g/mol. The summed E-state index contributed by atoms with van der Waals surface area (Å²) in [6.07, 6.45) is 2.31. The number of aromatic nitrogens is 2. The predicted octanol–water partition coefficient (Wildman–Crippen LogP) is 1.24. The van der Waals surface area contributed by atoms with E-state index in [-0.39, 0.29) is 5.69 Å². The molecule has 0 atom stereocenters. The van der Waals surface area contributed by atoms with Crippen LogP contribution >= 0.6 is 0 Å². The van der Waals surface area contributed by atoms with Gasteiger partial charge < -0.3 is 15.0 Å².